The van der Waals surface area contributed by atoms with Gasteiger partial charge in [-0.25, -0.2) is 9.78 Å². The zero-order chi connectivity index (χ0) is 21.8. The summed E-state index contributed by atoms with van der Waals surface area (Å²) in [5.41, 5.74) is 8.15. The number of H-pyrrole nitrogens is 1. The molecular weight excluding hydrogens is 424 g/mol. The van der Waals surface area contributed by atoms with Gasteiger partial charge in [-0.2, -0.15) is 0 Å². The van der Waals surface area contributed by atoms with Crippen LogP contribution in [-0.4, -0.2) is 33.6 Å². The van der Waals surface area contributed by atoms with E-state index < -0.39 is 11.5 Å². The first-order chi connectivity index (χ1) is 14.3. The van der Waals surface area contributed by atoms with Gasteiger partial charge in [-0.1, -0.05) is 26.0 Å². The van der Waals surface area contributed by atoms with Crippen LogP contribution in [0.15, 0.2) is 41.2 Å². The fourth-order valence-electron chi connectivity index (χ4n) is 2.87. The van der Waals surface area contributed by atoms with Crippen molar-refractivity contribution in [2.24, 2.45) is 5.73 Å². The molecule has 4 rings (SSSR count). The van der Waals surface area contributed by atoms with Gasteiger partial charge in [0.2, 0.25) is 5.82 Å². The van der Waals surface area contributed by atoms with Crippen molar-refractivity contribution in [2.45, 2.75) is 26.3 Å². The molecule has 164 valence electrons. The highest BCUT2D eigenvalue weighted by molar-refractivity contribution is 5.95. The Balaban J connectivity index is 0.000000220. The Morgan fingerprint density at radius 2 is 1.97 bits per heavy atom. The van der Waals surface area contributed by atoms with Crippen LogP contribution < -0.4 is 21.3 Å². The summed E-state index contributed by atoms with van der Waals surface area (Å²) in [6, 6.07) is 10.8. The van der Waals surface area contributed by atoms with Gasteiger partial charge in [-0.05, 0) is 41.3 Å². The van der Waals surface area contributed by atoms with Gasteiger partial charge in [-0.15, -0.1) is 12.4 Å². The number of aromatic carboxylic acids is 1. The topological polar surface area (TPSA) is 147 Å². The Morgan fingerprint density at radius 3 is 2.61 bits per heavy atom. The summed E-state index contributed by atoms with van der Waals surface area (Å²) in [7, 11) is 0. The van der Waals surface area contributed by atoms with E-state index in [1.165, 1.54) is 0 Å². The van der Waals surface area contributed by atoms with Crippen LogP contribution in [0.1, 0.15) is 41.5 Å². The molecule has 10 heteroatoms. The smallest absolute Gasteiger partial charge is 0.372 e. The molecule has 0 aliphatic carbocycles. The largest absolute Gasteiger partial charge is 0.482 e. The molecule has 0 unspecified atom stereocenters. The second kappa shape index (κ2) is 10.1. The molecule has 5 N–H and O–H groups in total. The van der Waals surface area contributed by atoms with Gasteiger partial charge in [-0.3, -0.25) is 9.59 Å². The maximum absolute atomic E-state index is 11.7. The fourth-order valence-corrected chi connectivity index (χ4v) is 2.87. The first-order valence-electron chi connectivity index (χ1n) is 9.31. The molecule has 3 aromatic rings. The van der Waals surface area contributed by atoms with Crippen LogP contribution in [0.3, 0.4) is 0 Å². The lowest BCUT2D eigenvalue weighted by Crippen LogP contribution is -2.25. The molecule has 0 atom stereocenters. The summed E-state index contributed by atoms with van der Waals surface area (Å²) in [6.07, 6.45) is 0. The molecule has 9 nitrogen and oxygen atoms in total. The molecule has 1 aliphatic heterocycles. The molecule has 1 aromatic heterocycles. The van der Waals surface area contributed by atoms with Crippen LogP contribution in [-0.2, 0) is 11.3 Å². The quantitative estimate of drug-likeness (QED) is 0.483. The molecule has 0 radical (unpaired) electrons. The standard InChI is InChI=1S/C12H12N2O3.C9H10N2O2.ClH/c1-6(2)7-3-4-9-8(5-7)11(15)14-10(13-9)12(16)17;10-4-6-1-2-8-7(3-6)11-9(12)5-13-8;/h3-6H,1-2H3,(H,16,17)(H,13,14,15);1-3H,4-5,10H2,(H,11,12);1H. The fraction of sp³-hybridized carbons (Fsp3) is 0.238. The number of aromatic nitrogens is 2. The number of nitrogens with one attached hydrogen (secondary N) is 2. The number of benzene rings is 2. The van der Waals surface area contributed by atoms with Crippen molar-refractivity contribution in [1.29, 1.82) is 0 Å². The van der Waals surface area contributed by atoms with Crippen LogP contribution in [0.2, 0.25) is 0 Å². The van der Waals surface area contributed by atoms with E-state index in [4.69, 9.17) is 15.6 Å². The van der Waals surface area contributed by atoms with E-state index in [0.717, 1.165) is 11.1 Å². The molecule has 1 amide bonds. The van der Waals surface area contributed by atoms with E-state index in [9.17, 15) is 14.4 Å². The van der Waals surface area contributed by atoms with Gasteiger partial charge in [0.05, 0.1) is 16.6 Å². The SMILES string of the molecule is CC(C)c1ccc2nc(C(=O)O)[nH]c(=O)c2c1.Cl.NCc1ccc2c(c1)NC(=O)CO2. The molecule has 0 fully saturated rings. The summed E-state index contributed by atoms with van der Waals surface area (Å²) < 4.78 is 5.18. The van der Waals surface area contributed by atoms with Gasteiger partial charge < -0.3 is 25.9 Å². The third-order valence-corrected chi connectivity index (χ3v) is 4.51. The Morgan fingerprint density at radius 1 is 1.23 bits per heavy atom. The molecule has 2 aromatic carbocycles. The van der Waals surface area contributed by atoms with Crippen molar-refractivity contribution in [1.82, 2.24) is 9.97 Å². The third-order valence-electron chi connectivity index (χ3n) is 4.51. The number of amides is 1. The number of carboxylic acid groups (broad SMARTS) is 1. The van der Waals surface area contributed by atoms with Crippen molar-refractivity contribution in [2.75, 3.05) is 11.9 Å². The number of fused-ring (bicyclic) bond motifs is 2. The summed E-state index contributed by atoms with van der Waals surface area (Å²) >= 11 is 0. The van der Waals surface area contributed by atoms with Crippen LogP contribution in [0.4, 0.5) is 5.69 Å². The number of anilines is 1. The zero-order valence-corrected chi connectivity index (χ0v) is 17.8. The summed E-state index contributed by atoms with van der Waals surface area (Å²) in [5.74, 6) is -0.687. The average Bonchev–Trinajstić information content (AvgIpc) is 2.73. The number of carboxylic acids is 1. The molecule has 2 heterocycles. The monoisotopic (exact) mass is 446 g/mol. The number of rotatable bonds is 3. The van der Waals surface area contributed by atoms with Crippen molar-refractivity contribution < 1.29 is 19.4 Å². The maximum atomic E-state index is 11.7. The van der Waals surface area contributed by atoms with Gasteiger partial charge in [0, 0.05) is 6.54 Å². The predicted molar refractivity (Wildman–Crippen MR) is 119 cm³/mol. The number of nitrogens with two attached hydrogens (primary N) is 1. The summed E-state index contributed by atoms with van der Waals surface area (Å²) in [5, 5.41) is 11.9. The molecule has 0 spiro atoms. The first-order valence-corrected chi connectivity index (χ1v) is 9.31. The summed E-state index contributed by atoms with van der Waals surface area (Å²) in [4.78, 5) is 39.5. The third kappa shape index (κ3) is 5.59. The minimum absolute atomic E-state index is 0. The van der Waals surface area contributed by atoms with Crippen molar-refractivity contribution in [3.8, 4) is 5.75 Å². The van der Waals surface area contributed by atoms with Crippen LogP contribution in [0, 0.1) is 0 Å². The highest BCUT2D eigenvalue weighted by Gasteiger charge is 2.15. The van der Waals surface area contributed by atoms with Crippen LogP contribution >= 0.6 is 12.4 Å². The lowest BCUT2D eigenvalue weighted by molar-refractivity contribution is -0.118. The predicted octanol–water partition coefficient (Wildman–Crippen LogP) is 2.64. The van der Waals surface area contributed by atoms with Gasteiger partial charge in [0.15, 0.2) is 6.61 Å². The summed E-state index contributed by atoms with van der Waals surface area (Å²) in [6.45, 7) is 4.60. The van der Waals surface area contributed by atoms with E-state index in [1.807, 2.05) is 38.1 Å². The second-order valence-corrected chi connectivity index (χ2v) is 7.02. The molecule has 0 saturated carbocycles. The van der Waals surface area contributed by atoms with E-state index in [2.05, 4.69) is 15.3 Å². The number of hydrogen-bond acceptors (Lipinski definition) is 6. The number of carbonyl (C=O) groups is 2. The van der Waals surface area contributed by atoms with Crippen molar-refractivity contribution in [3.63, 3.8) is 0 Å². The van der Waals surface area contributed by atoms with E-state index in [-0.39, 0.29) is 30.7 Å². The number of ether oxygens (including phenoxy) is 1. The number of hydrogen-bond donors (Lipinski definition) is 4. The Bertz CT molecular complexity index is 1180. The van der Waals surface area contributed by atoms with Crippen LogP contribution in [0.5, 0.6) is 5.75 Å². The van der Waals surface area contributed by atoms with Crippen LogP contribution in [0.25, 0.3) is 10.9 Å². The number of carbonyl (C=O) groups excluding carboxylic acids is 1. The Hall–Kier alpha value is -3.43. The molecular formula is C21H23ClN4O5. The van der Waals surface area contributed by atoms with E-state index in [0.29, 0.717) is 34.8 Å². The van der Waals surface area contributed by atoms with Crippen molar-refractivity contribution >= 4 is 40.9 Å². The van der Waals surface area contributed by atoms with Gasteiger partial charge in [0.1, 0.15) is 5.75 Å². The highest BCUT2D eigenvalue weighted by atomic mass is 35.5. The second-order valence-electron chi connectivity index (χ2n) is 7.02. The molecule has 0 saturated heterocycles. The molecule has 1 aliphatic rings. The minimum Gasteiger partial charge on any atom is -0.482 e. The average molecular weight is 447 g/mol. The Kier molecular flexibility index (Phi) is 7.73. The van der Waals surface area contributed by atoms with Gasteiger partial charge >= 0.3 is 5.97 Å². The molecule has 0 bridgehead atoms. The number of halogens is 1. The first kappa shape index (κ1) is 23.8. The zero-order valence-electron chi connectivity index (χ0n) is 17.0. The number of nitrogens with zero attached hydrogens (tertiary/aromatic N) is 1. The van der Waals surface area contributed by atoms with E-state index in [1.54, 1.807) is 12.1 Å². The minimum atomic E-state index is -1.24. The maximum Gasteiger partial charge on any atom is 0.372 e. The normalized spacial score (nSPS) is 12.1. The molecule has 31 heavy (non-hydrogen) atoms. The van der Waals surface area contributed by atoms with Crippen molar-refractivity contribution in [3.05, 3.63) is 63.7 Å². The van der Waals surface area contributed by atoms with Gasteiger partial charge in [0.25, 0.3) is 11.5 Å². The Labute approximate surface area is 184 Å². The number of aromatic amines is 1. The lowest BCUT2D eigenvalue weighted by atomic mass is 10.0. The van der Waals surface area contributed by atoms with E-state index >= 15 is 0 Å². The highest BCUT2D eigenvalue weighted by Crippen LogP contribution is 2.28. The lowest BCUT2D eigenvalue weighted by Gasteiger charge is -2.18.